The number of hydrogen-bond acceptors (Lipinski definition) is 3. The zero-order valence-electron chi connectivity index (χ0n) is 18.5. The Morgan fingerprint density at radius 2 is 1.71 bits per heavy atom. The number of ether oxygens (including phenoxy) is 1. The fraction of sp³-hybridized carbons (Fsp3) is 0.905. The third-order valence-electron chi connectivity index (χ3n) is 5.15. The number of nitrogens with one attached hydrogen (secondary N) is 1. The monoisotopic (exact) mass is 510 g/mol. The van der Waals surface area contributed by atoms with Crippen LogP contribution in [-0.2, 0) is 9.53 Å². The Kier molecular flexibility index (Phi) is 16.9. The van der Waals surface area contributed by atoms with E-state index in [4.69, 9.17) is 4.74 Å². The van der Waals surface area contributed by atoms with Crippen LogP contribution < -0.4 is 5.32 Å². The molecule has 0 aromatic heterocycles. The molecule has 1 rings (SSSR count). The highest BCUT2D eigenvalue weighted by molar-refractivity contribution is 14.0. The molecule has 0 atom stereocenters. The number of nitrogens with zero attached hydrogens (tertiary/aromatic N) is 3. The Labute approximate surface area is 189 Å². The molecule has 0 aromatic carbocycles. The molecular weight excluding hydrogens is 467 g/mol. The van der Waals surface area contributed by atoms with Crippen molar-refractivity contribution in [2.24, 2.45) is 4.99 Å². The normalized spacial score (nSPS) is 15.5. The van der Waals surface area contributed by atoms with Gasteiger partial charge in [0.25, 0.3) is 0 Å². The minimum atomic E-state index is 0. The quantitative estimate of drug-likeness (QED) is 0.151. The number of carbonyl (C=O) groups excluding carboxylic acids is 1. The summed E-state index contributed by atoms with van der Waals surface area (Å²) in [6, 6.07) is 0. The topological polar surface area (TPSA) is 57.2 Å². The predicted octanol–water partition coefficient (Wildman–Crippen LogP) is 3.89. The SMILES string of the molecule is CCNC(=NCCCCOC1CCCCCC1)N(C)CC(=O)N(CC)CC.I. The van der Waals surface area contributed by atoms with Crippen molar-refractivity contribution in [1.29, 1.82) is 0 Å². The number of guanidine groups is 1. The summed E-state index contributed by atoms with van der Waals surface area (Å²) in [5.74, 6) is 0.951. The second-order valence-corrected chi connectivity index (χ2v) is 7.35. The molecule has 1 N–H and O–H groups in total. The fourth-order valence-corrected chi connectivity index (χ4v) is 3.48. The second kappa shape index (κ2) is 17.3. The van der Waals surface area contributed by atoms with Crippen LogP contribution in [0.15, 0.2) is 4.99 Å². The first kappa shape index (κ1) is 27.4. The van der Waals surface area contributed by atoms with E-state index in [1.807, 2.05) is 30.7 Å². The molecule has 0 aliphatic heterocycles. The molecule has 1 aliphatic rings. The zero-order valence-corrected chi connectivity index (χ0v) is 20.9. The Morgan fingerprint density at radius 1 is 1.07 bits per heavy atom. The Bertz CT molecular complexity index is 423. The lowest BCUT2D eigenvalue weighted by Crippen LogP contribution is -2.45. The molecule has 6 nitrogen and oxygen atoms in total. The van der Waals surface area contributed by atoms with Gasteiger partial charge in [0.1, 0.15) is 0 Å². The van der Waals surface area contributed by atoms with E-state index in [1.165, 1.54) is 38.5 Å². The first-order chi connectivity index (χ1) is 13.1. The molecule has 0 saturated heterocycles. The standard InChI is InChI=1S/C21H42N4O2.HI/c1-5-22-21(24(4)18-20(26)25(6-2)7-3)23-16-12-13-17-27-19-14-10-8-9-11-15-19;/h19H,5-18H2,1-4H3,(H,22,23);1H. The third kappa shape index (κ3) is 11.4. The maximum absolute atomic E-state index is 12.3. The molecule has 0 spiro atoms. The summed E-state index contributed by atoms with van der Waals surface area (Å²) in [5.41, 5.74) is 0. The summed E-state index contributed by atoms with van der Waals surface area (Å²) in [4.78, 5) is 20.8. The van der Waals surface area contributed by atoms with E-state index in [0.29, 0.717) is 12.6 Å². The van der Waals surface area contributed by atoms with Crippen molar-refractivity contribution in [2.45, 2.75) is 78.2 Å². The van der Waals surface area contributed by atoms with E-state index < -0.39 is 0 Å². The minimum Gasteiger partial charge on any atom is -0.378 e. The highest BCUT2D eigenvalue weighted by Gasteiger charge is 2.15. The van der Waals surface area contributed by atoms with Crippen LogP contribution in [-0.4, -0.2) is 74.1 Å². The Balaban J connectivity index is 0.00000729. The lowest BCUT2D eigenvalue weighted by Gasteiger charge is -2.25. The first-order valence-corrected chi connectivity index (χ1v) is 11.0. The summed E-state index contributed by atoms with van der Waals surface area (Å²) in [7, 11) is 1.93. The first-order valence-electron chi connectivity index (χ1n) is 11.0. The lowest BCUT2D eigenvalue weighted by atomic mass is 10.1. The van der Waals surface area contributed by atoms with Gasteiger partial charge in [0, 0.05) is 39.8 Å². The summed E-state index contributed by atoms with van der Waals surface area (Å²) in [6.07, 6.45) is 10.4. The zero-order chi connectivity index (χ0) is 19.9. The van der Waals surface area contributed by atoms with E-state index in [1.54, 1.807) is 0 Å². The van der Waals surface area contributed by atoms with Crippen molar-refractivity contribution in [3.63, 3.8) is 0 Å². The molecule has 28 heavy (non-hydrogen) atoms. The van der Waals surface area contributed by atoms with Crippen LogP contribution in [0.2, 0.25) is 0 Å². The van der Waals surface area contributed by atoms with Crippen molar-refractivity contribution in [1.82, 2.24) is 15.1 Å². The van der Waals surface area contributed by atoms with E-state index in [-0.39, 0.29) is 29.9 Å². The number of halogens is 1. The fourth-order valence-electron chi connectivity index (χ4n) is 3.48. The highest BCUT2D eigenvalue weighted by atomic mass is 127. The van der Waals surface area contributed by atoms with Gasteiger partial charge in [-0.3, -0.25) is 9.79 Å². The van der Waals surface area contributed by atoms with Gasteiger partial charge < -0.3 is 19.9 Å². The summed E-state index contributed by atoms with van der Waals surface area (Å²) in [5, 5.41) is 3.29. The van der Waals surface area contributed by atoms with Gasteiger partial charge in [-0.2, -0.15) is 0 Å². The number of unbranched alkanes of at least 4 members (excludes halogenated alkanes) is 1. The van der Waals surface area contributed by atoms with Crippen LogP contribution in [0, 0.1) is 0 Å². The molecule has 1 saturated carbocycles. The number of likely N-dealkylation sites (N-methyl/N-ethyl adjacent to an activating group) is 2. The van der Waals surface area contributed by atoms with Crippen molar-refractivity contribution >= 4 is 35.8 Å². The van der Waals surface area contributed by atoms with Crippen LogP contribution in [0.3, 0.4) is 0 Å². The minimum absolute atomic E-state index is 0. The third-order valence-corrected chi connectivity index (χ3v) is 5.15. The number of carbonyl (C=O) groups is 1. The summed E-state index contributed by atoms with van der Waals surface area (Å²) >= 11 is 0. The molecule has 0 aromatic rings. The average molecular weight is 511 g/mol. The second-order valence-electron chi connectivity index (χ2n) is 7.35. The molecule has 7 heteroatoms. The van der Waals surface area contributed by atoms with Gasteiger partial charge in [0.2, 0.25) is 5.91 Å². The lowest BCUT2D eigenvalue weighted by molar-refractivity contribution is -0.131. The molecule has 0 heterocycles. The van der Waals surface area contributed by atoms with Gasteiger partial charge >= 0.3 is 0 Å². The van der Waals surface area contributed by atoms with E-state index in [2.05, 4.69) is 17.2 Å². The largest absolute Gasteiger partial charge is 0.378 e. The van der Waals surface area contributed by atoms with Crippen LogP contribution in [0.1, 0.15) is 72.1 Å². The molecule has 1 fully saturated rings. The van der Waals surface area contributed by atoms with Gasteiger partial charge in [-0.05, 0) is 46.5 Å². The molecule has 166 valence electrons. The Hall–Kier alpha value is -0.570. The maximum atomic E-state index is 12.3. The number of aliphatic imine (C=N–C) groups is 1. The van der Waals surface area contributed by atoms with Crippen molar-refractivity contribution < 1.29 is 9.53 Å². The van der Waals surface area contributed by atoms with Gasteiger partial charge in [-0.15, -0.1) is 24.0 Å². The average Bonchev–Trinajstić information content (AvgIpc) is 2.93. The highest BCUT2D eigenvalue weighted by Crippen LogP contribution is 2.19. The molecule has 0 bridgehead atoms. The molecule has 0 radical (unpaired) electrons. The molecule has 0 unspecified atom stereocenters. The van der Waals surface area contributed by atoms with Crippen LogP contribution >= 0.6 is 24.0 Å². The van der Waals surface area contributed by atoms with Crippen LogP contribution in [0.5, 0.6) is 0 Å². The number of hydrogen-bond donors (Lipinski definition) is 1. The van der Waals surface area contributed by atoms with Gasteiger partial charge in [0.15, 0.2) is 5.96 Å². The number of amides is 1. The van der Waals surface area contributed by atoms with Crippen LogP contribution in [0.4, 0.5) is 0 Å². The van der Waals surface area contributed by atoms with Crippen molar-refractivity contribution in [3.8, 4) is 0 Å². The van der Waals surface area contributed by atoms with Gasteiger partial charge in [-0.25, -0.2) is 0 Å². The molecule has 1 aliphatic carbocycles. The molecular formula is C21H43IN4O2. The smallest absolute Gasteiger partial charge is 0.242 e. The van der Waals surface area contributed by atoms with Gasteiger partial charge in [0.05, 0.1) is 12.6 Å². The Morgan fingerprint density at radius 3 is 2.29 bits per heavy atom. The van der Waals surface area contributed by atoms with Crippen molar-refractivity contribution in [3.05, 3.63) is 0 Å². The van der Waals surface area contributed by atoms with E-state index in [9.17, 15) is 4.79 Å². The predicted molar refractivity (Wildman–Crippen MR) is 129 cm³/mol. The molecule has 1 amide bonds. The summed E-state index contributed by atoms with van der Waals surface area (Å²) < 4.78 is 6.04. The van der Waals surface area contributed by atoms with Crippen LogP contribution in [0.25, 0.3) is 0 Å². The summed E-state index contributed by atoms with van der Waals surface area (Å²) in [6.45, 7) is 10.3. The van der Waals surface area contributed by atoms with Crippen molar-refractivity contribution in [2.75, 3.05) is 46.4 Å². The van der Waals surface area contributed by atoms with Gasteiger partial charge in [-0.1, -0.05) is 25.7 Å². The van der Waals surface area contributed by atoms with E-state index in [0.717, 1.165) is 51.6 Å². The maximum Gasteiger partial charge on any atom is 0.242 e. The van der Waals surface area contributed by atoms with E-state index >= 15 is 0 Å². The number of rotatable bonds is 11.